The fourth-order valence-corrected chi connectivity index (χ4v) is 2.95. The lowest BCUT2D eigenvalue weighted by atomic mass is 10.3. The zero-order valence-electron chi connectivity index (χ0n) is 16.4. The number of ether oxygens (including phenoxy) is 2. The van der Waals surface area contributed by atoms with E-state index in [1.165, 1.54) is 0 Å². The molecular weight excluding hydrogens is 342 g/mol. The Balaban J connectivity index is 1.63. The number of hydrogen-bond donors (Lipinski definition) is 2. The highest BCUT2D eigenvalue weighted by molar-refractivity contribution is 5.65. The Kier molecular flexibility index (Phi) is 6.84. The van der Waals surface area contributed by atoms with Crippen LogP contribution >= 0.6 is 0 Å². The molecule has 0 bridgehead atoms. The van der Waals surface area contributed by atoms with Gasteiger partial charge in [0.2, 0.25) is 0 Å². The molecule has 2 heterocycles. The molecular formula is C20H29N5O2. The van der Waals surface area contributed by atoms with Gasteiger partial charge in [0.05, 0.1) is 25.0 Å². The summed E-state index contributed by atoms with van der Waals surface area (Å²) in [7, 11) is 0. The van der Waals surface area contributed by atoms with Crippen molar-refractivity contribution in [2.75, 3.05) is 50.0 Å². The average Bonchev–Trinajstić information content (AvgIpc) is 2.63. The number of rotatable bonds is 8. The number of aromatic nitrogens is 2. The topological polar surface area (TPSA) is 71.5 Å². The largest absolute Gasteiger partial charge is 0.489 e. The summed E-state index contributed by atoms with van der Waals surface area (Å²) >= 11 is 0. The molecule has 2 N–H and O–H groups in total. The number of benzene rings is 1. The van der Waals surface area contributed by atoms with Gasteiger partial charge in [0.1, 0.15) is 23.2 Å². The molecule has 3 rings (SSSR count). The Labute approximate surface area is 161 Å². The minimum absolute atomic E-state index is 0.109. The summed E-state index contributed by atoms with van der Waals surface area (Å²) in [5, 5.41) is 6.76. The minimum Gasteiger partial charge on any atom is -0.489 e. The van der Waals surface area contributed by atoms with Gasteiger partial charge in [0.25, 0.3) is 0 Å². The predicted octanol–water partition coefficient (Wildman–Crippen LogP) is 3.06. The van der Waals surface area contributed by atoms with Crippen LogP contribution in [0, 0.1) is 6.92 Å². The van der Waals surface area contributed by atoms with Gasteiger partial charge in [-0.15, -0.1) is 0 Å². The Bertz CT molecular complexity index is 732. The maximum atomic E-state index is 5.87. The fourth-order valence-electron chi connectivity index (χ4n) is 2.95. The number of aryl methyl sites for hydroxylation is 1. The number of para-hydroxylation sites is 2. The van der Waals surface area contributed by atoms with Crippen LogP contribution in [0.1, 0.15) is 19.7 Å². The molecule has 1 fully saturated rings. The van der Waals surface area contributed by atoms with Gasteiger partial charge in [-0.05, 0) is 32.9 Å². The lowest BCUT2D eigenvalue weighted by Crippen LogP contribution is -2.39. The standard InChI is InChI=1S/C20H29N5O2/c1-15(2)27-18-7-5-4-6-17(18)24-20-14-19(22-16(3)23-20)21-8-9-25-10-12-26-13-11-25/h4-7,14-15H,8-13H2,1-3H3,(H2,21,22,23,24). The second-order valence-corrected chi connectivity index (χ2v) is 6.85. The summed E-state index contributed by atoms with van der Waals surface area (Å²) in [6.07, 6.45) is 0.109. The van der Waals surface area contributed by atoms with Gasteiger partial charge in [-0.1, -0.05) is 12.1 Å². The Morgan fingerprint density at radius 1 is 1.15 bits per heavy atom. The lowest BCUT2D eigenvalue weighted by molar-refractivity contribution is 0.0398. The predicted molar refractivity (Wildman–Crippen MR) is 108 cm³/mol. The van der Waals surface area contributed by atoms with Crippen molar-refractivity contribution < 1.29 is 9.47 Å². The summed E-state index contributed by atoms with van der Waals surface area (Å²) < 4.78 is 11.3. The molecule has 0 unspecified atom stereocenters. The van der Waals surface area contributed by atoms with E-state index in [9.17, 15) is 0 Å². The number of nitrogens with zero attached hydrogens (tertiary/aromatic N) is 3. The van der Waals surface area contributed by atoms with E-state index in [1.54, 1.807) is 0 Å². The zero-order valence-corrected chi connectivity index (χ0v) is 16.4. The Morgan fingerprint density at radius 2 is 1.89 bits per heavy atom. The first kappa shape index (κ1) is 19.4. The van der Waals surface area contributed by atoms with E-state index in [2.05, 4.69) is 25.5 Å². The molecule has 0 saturated carbocycles. The molecule has 1 aliphatic heterocycles. The normalized spacial score (nSPS) is 15.0. The number of anilines is 3. The first-order valence-electron chi connectivity index (χ1n) is 9.52. The Morgan fingerprint density at radius 3 is 2.67 bits per heavy atom. The molecule has 0 amide bonds. The molecule has 7 heteroatoms. The van der Waals surface area contributed by atoms with E-state index in [1.807, 2.05) is 51.1 Å². The van der Waals surface area contributed by atoms with Crippen molar-refractivity contribution >= 4 is 17.3 Å². The lowest BCUT2D eigenvalue weighted by Gasteiger charge is -2.26. The van der Waals surface area contributed by atoms with Crippen LogP contribution in [0.5, 0.6) is 5.75 Å². The van der Waals surface area contributed by atoms with Gasteiger partial charge in [-0.25, -0.2) is 9.97 Å². The van der Waals surface area contributed by atoms with Gasteiger partial charge in [0, 0.05) is 32.2 Å². The monoisotopic (exact) mass is 371 g/mol. The molecule has 0 spiro atoms. The van der Waals surface area contributed by atoms with E-state index >= 15 is 0 Å². The van der Waals surface area contributed by atoms with Crippen LogP contribution < -0.4 is 15.4 Å². The van der Waals surface area contributed by atoms with E-state index in [0.717, 1.165) is 68.3 Å². The van der Waals surface area contributed by atoms with Crippen LogP contribution in [0.25, 0.3) is 0 Å². The summed E-state index contributed by atoms with van der Waals surface area (Å²) in [5.74, 6) is 3.10. The first-order chi connectivity index (χ1) is 13.1. The quantitative estimate of drug-likeness (QED) is 0.739. The molecule has 1 aromatic heterocycles. The number of morpholine rings is 1. The van der Waals surface area contributed by atoms with Crippen LogP contribution in [-0.2, 0) is 4.74 Å². The van der Waals surface area contributed by atoms with Gasteiger partial charge in [-0.2, -0.15) is 0 Å². The van der Waals surface area contributed by atoms with Gasteiger partial charge in [-0.3, -0.25) is 4.90 Å². The molecule has 0 radical (unpaired) electrons. The highest BCUT2D eigenvalue weighted by atomic mass is 16.5. The Hall–Kier alpha value is -2.38. The van der Waals surface area contributed by atoms with Crippen LogP contribution in [0.2, 0.25) is 0 Å². The molecule has 27 heavy (non-hydrogen) atoms. The minimum atomic E-state index is 0.109. The summed E-state index contributed by atoms with van der Waals surface area (Å²) in [4.78, 5) is 11.4. The van der Waals surface area contributed by atoms with Crippen molar-refractivity contribution in [2.24, 2.45) is 0 Å². The number of hydrogen-bond acceptors (Lipinski definition) is 7. The SMILES string of the molecule is Cc1nc(NCCN2CCOCC2)cc(Nc2ccccc2OC(C)C)n1. The molecule has 2 aromatic rings. The number of nitrogens with one attached hydrogen (secondary N) is 2. The van der Waals surface area contributed by atoms with E-state index in [-0.39, 0.29) is 6.10 Å². The highest BCUT2D eigenvalue weighted by Crippen LogP contribution is 2.28. The smallest absolute Gasteiger partial charge is 0.143 e. The molecule has 146 valence electrons. The first-order valence-corrected chi connectivity index (χ1v) is 9.52. The molecule has 1 aromatic carbocycles. The van der Waals surface area contributed by atoms with Crippen LogP contribution in [0.3, 0.4) is 0 Å². The maximum absolute atomic E-state index is 5.87. The molecule has 1 aliphatic rings. The fraction of sp³-hybridized carbons (Fsp3) is 0.500. The van der Waals surface area contributed by atoms with Gasteiger partial charge < -0.3 is 20.1 Å². The molecule has 0 atom stereocenters. The van der Waals surface area contributed by atoms with Crippen LogP contribution in [0.4, 0.5) is 17.3 Å². The second kappa shape index (κ2) is 9.53. The molecule has 1 saturated heterocycles. The summed E-state index contributed by atoms with van der Waals surface area (Å²) in [6, 6.07) is 9.81. The van der Waals surface area contributed by atoms with E-state index < -0.39 is 0 Å². The molecule has 0 aliphatic carbocycles. The van der Waals surface area contributed by atoms with E-state index in [4.69, 9.17) is 9.47 Å². The highest BCUT2D eigenvalue weighted by Gasteiger charge is 2.10. The molecule has 7 nitrogen and oxygen atoms in total. The van der Waals surface area contributed by atoms with Crippen molar-refractivity contribution in [3.63, 3.8) is 0 Å². The van der Waals surface area contributed by atoms with Crippen molar-refractivity contribution in [2.45, 2.75) is 26.9 Å². The van der Waals surface area contributed by atoms with Crippen LogP contribution in [-0.4, -0.2) is 60.4 Å². The van der Waals surface area contributed by atoms with Crippen molar-refractivity contribution in [3.05, 3.63) is 36.2 Å². The third-order valence-electron chi connectivity index (χ3n) is 4.19. The summed E-state index contributed by atoms with van der Waals surface area (Å²) in [5.41, 5.74) is 0.892. The third kappa shape index (κ3) is 6.08. The second-order valence-electron chi connectivity index (χ2n) is 6.85. The van der Waals surface area contributed by atoms with Crippen molar-refractivity contribution in [3.8, 4) is 5.75 Å². The van der Waals surface area contributed by atoms with Crippen LogP contribution in [0.15, 0.2) is 30.3 Å². The maximum Gasteiger partial charge on any atom is 0.143 e. The zero-order chi connectivity index (χ0) is 19.1. The van der Waals surface area contributed by atoms with Crippen molar-refractivity contribution in [1.82, 2.24) is 14.9 Å². The van der Waals surface area contributed by atoms with Gasteiger partial charge >= 0.3 is 0 Å². The van der Waals surface area contributed by atoms with E-state index in [0.29, 0.717) is 0 Å². The summed E-state index contributed by atoms with van der Waals surface area (Å²) in [6.45, 7) is 11.4. The van der Waals surface area contributed by atoms with Crippen molar-refractivity contribution in [1.29, 1.82) is 0 Å². The van der Waals surface area contributed by atoms with Gasteiger partial charge in [0.15, 0.2) is 0 Å². The average molecular weight is 371 g/mol. The third-order valence-corrected chi connectivity index (χ3v) is 4.19.